The van der Waals surface area contributed by atoms with Crippen LogP contribution in [0.5, 0.6) is 0 Å². The summed E-state index contributed by atoms with van der Waals surface area (Å²) in [6.07, 6.45) is 0.602. The Labute approximate surface area is 122 Å². The fourth-order valence-electron chi connectivity index (χ4n) is 1.46. The number of nitrogens with one attached hydrogen (secondary N) is 1. The number of rotatable bonds is 4. The van der Waals surface area contributed by atoms with Gasteiger partial charge in [0.25, 0.3) is 0 Å². The van der Waals surface area contributed by atoms with Gasteiger partial charge in [-0.1, -0.05) is 48.7 Å². The van der Waals surface area contributed by atoms with Gasteiger partial charge in [0.2, 0.25) is 5.91 Å². The number of amides is 1. The SMILES string of the molecule is CC(C)C[C@H](N)C(=O)Nc1cc(Cl)c(Cl)cc1Cl. The van der Waals surface area contributed by atoms with E-state index >= 15 is 0 Å². The Bertz CT molecular complexity index is 449. The zero-order valence-electron chi connectivity index (χ0n) is 10.1. The van der Waals surface area contributed by atoms with Gasteiger partial charge in [0.1, 0.15) is 0 Å². The summed E-state index contributed by atoms with van der Waals surface area (Å²) in [6.45, 7) is 4.00. The molecule has 3 nitrogen and oxygen atoms in total. The van der Waals surface area contributed by atoms with Crippen LogP contribution in [0, 0.1) is 5.92 Å². The number of nitrogens with two attached hydrogens (primary N) is 1. The lowest BCUT2D eigenvalue weighted by molar-refractivity contribution is -0.117. The van der Waals surface area contributed by atoms with E-state index < -0.39 is 6.04 Å². The highest BCUT2D eigenvalue weighted by Crippen LogP contribution is 2.32. The number of carbonyl (C=O) groups excluding carboxylic acids is 1. The van der Waals surface area contributed by atoms with Gasteiger partial charge in [-0.2, -0.15) is 0 Å². The quantitative estimate of drug-likeness (QED) is 0.827. The standard InChI is InChI=1S/C12H15Cl3N2O/c1-6(2)3-10(16)12(18)17-11-5-8(14)7(13)4-9(11)15/h4-6,10H,3,16H2,1-2H3,(H,17,18)/t10-/m0/s1. The average molecular weight is 310 g/mol. The Morgan fingerprint density at radius 2 is 1.78 bits per heavy atom. The maximum absolute atomic E-state index is 11.8. The molecule has 1 amide bonds. The first-order chi connectivity index (χ1) is 8.31. The molecule has 0 bridgehead atoms. The summed E-state index contributed by atoms with van der Waals surface area (Å²) >= 11 is 17.6. The van der Waals surface area contributed by atoms with E-state index in [2.05, 4.69) is 5.32 Å². The number of carbonyl (C=O) groups is 1. The van der Waals surface area contributed by atoms with Crippen molar-refractivity contribution in [3.05, 3.63) is 27.2 Å². The van der Waals surface area contributed by atoms with E-state index in [0.29, 0.717) is 33.1 Å². The predicted molar refractivity (Wildman–Crippen MR) is 77.5 cm³/mol. The van der Waals surface area contributed by atoms with E-state index in [4.69, 9.17) is 40.5 Å². The number of anilines is 1. The maximum atomic E-state index is 11.8. The number of hydrogen-bond donors (Lipinski definition) is 2. The van der Waals surface area contributed by atoms with Crippen molar-refractivity contribution in [1.29, 1.82) is 0 Å². The summed E-state index contributed by atoms with van der Waals surface area (Å²) in [4.78, 5) is 11.8. The van der Waals surface area contributed by atoms with Crippen LogP contribution in [-0.4, -0.2) is 11.9 Å². The minimum absolute atomic E-state index is 0.288. The topological polar surface area (TPSA) is 55.1 Å². The van der Waals surface area contributed by atoms with Crippen molar-refractivity contribution in [3.8, 4) is 0 Å². The maximum Gasteiger partial charge on any atom is 0.241 e. The molecule has 1 atom stereocenters. The lowest BCUT2D eigenvalue weighted by atomic mass is 10.0. The first-order valence-electron chi connectivity index (χ1n) is 5.52. The molecule has 0 aliphatic rings. The van der Waals surface area contributed by atoms with Crippen molar-refractivity contribution in [3.63, 3.8) is 0 Å². The van der Waals surface area contributed by atoms with Gasteiger partial charge in [0.05, 0.1) is 26.8 Å². The largest absolute Gasteiger partial charge is 0.323 e. The van der Waals surface area contributed by atoms with Crippen molar-refractivity contribution < 1.29 is 4.79 Å². The fourth-order valence-corrected chi connectivity index (χ4v) is 2.05. The van der Waals surface area contributed by atoms with E-state index in [1.54, 1.807) is 0 Å². The molecule has 0 aromatic heterocycles. The molecule has 0 fully saturated rings. The molecular weight excluding hydrogens is 295 g/mol. The van der Waals surface area contributed by atoms with Crippen LogP contribution in [0.4, 0.5) is 5.69 Å². The van der Waals surface area contributed by atoms with Gasteiger partial charge in [-0.3, -0.25) is 4.79 Å². The molecule has 100 valence electrons. The summed E-state index contributed by atoms with van der Waals surface area (Å²) in [5.74, 6) is 0.0546. The molecule has 0 saturated heterocycles. The van der Waals surface area contributed by atoms with Crippen LogP contribution in [-0.2, 0) is 4.79 Å². The number of halogens is 3. The van der Waals surface area contributed by atoms with Crippen molar-refractivity contribution in [2.75, 3.05) is 5.32 Å². The Kier molecular flexibility index (Phi) is 5.73. The second kappa shape index (κ2) is 6.62. The average Bonchev–Trinajstić information content (AvgIpc) is 2.24. The summed E-state index contributed by atoms with van der Waals surface area (Å²) in [6, 6.07) is 2.41. The smallest absolute Gasteiger partial charge is 0.241 e. The molecule has 3 N–H and O–H groups in total. The van der Waals surface area contributed by atoms with E-state index in [9.17, 15) is 4.79 Å². The number of hydrogen-bond acceptors (Lipinski definition) is 2. The molecule has 0 spiro atoms. The van der Waals surface area contributed by atoms with Gasteiger partial charge in [-0.05, 0) is 24.5 Å². The molecule has 0 aliphatic heterocycles. The van der Waals surface area contributed by atoms with Crippen LogP contribution in [0.3, 0.4) is 0 Å². The van der Waals surface area contributed by atoms with Gasteiger partial charge >= 0.3 is 0 Å². The van der Waals surface area contributed by atoms with Gasteiger partial charge in [0, 0.05) is 0 Å². The van der Waals surface area contributed by atoms with Crippen LogP contribution >= 0.6 is 34.8 Å². The second-order valence-corrected chi connectivity index (χ2v) is 5.69. The van der Waals surface area contributed by atoms with Gasteiger partial charge in [-0.25, -0.2) is 0 Å². The molecular formula is C12H15Cl3N2O. The molecule has 0 aliphatic carbocycles. The lowest BCUT2D eigenvalue weighted by Gasteiger charge is -2.15. The summed E-state index contributed by atoms with van der Waals surface area (Å²) in [5.41, 5.74) is 6.18. The first kappa shape index (κ1) is 15.6. The third kappa shape index (κ3) is 4.32. The highest BCUT2D eigenvalue weighted by Gasteiger charge is 2.16. The Morgan fingerprint density at radius 3 is 2.33 bits per heavy atom. The Balaban J connectivity index is 2.79. The fraction of sp³-hybridized carbons (Fsp3) is 0.417. The number of benzene rings is 1. The molecule has 0 radical (unpaired) electrons. The van der Waals surface area contributed by atoms with Crippen LogP contribution in [0.15, 0.2) is 12.1 Å². The van der Waals surface area contributed by atoms with E-state index in [-0.39, 0.29) is 5.91 Å². The van der Waals surface area contributed by atoms with Crippen LogP contribution in [0.1, 0.15) is 20.3 Å². The minimum Gasteiger partial charge on any atom is -0.323 e. The van der Waals surface area contributed by atoms with Crippen molar-refractivity contribution >= 4 is 46.4 Å². The molecule has 1 aromatic rings. The third-order valence-corrected chi connectivity index (χ3v) is 3.36. The van der Waals surface area contributed by atoms with Gasteiger partial charge in [-0.15, -0.1) is 0 Å². The van der Waals surface area contributed by atoms with Gasteiger partial charge in [0.15, 0.2) is 0 Å². The molecule has 0 heterocycles. The summed E-state index contributed by atoms with van der Waals surface area (Å²) < 4.78 is 0. The third-order valence-electron chi connectivity index (χ3n) is 2.33. The summed E-state index contributed by atoms with van der Waals surface area (Å²) in [5, 5.41) is 3.64. The predicted octanol–water partition coefficient (Wildman–Crippen LogP) is 3.96. The van der Waals surface area contributed by atoms with E-state index in [0.717, 1.165) is 0 Å². The zero-order valence-corrected chi connectivity index (χ0v) is 12.4. The Hall–Kier alpha value is -0.480. The molecule has 0 saturated carbocycles. The van der Waals surface area contributed by atoms with Crippen molar-refractivity contribution in [2.45, 2.75) is 26.3 Å². The van der Waals surface area contributed by atoms with Crippen LogP contribution in [0.2, 0.25) is 15.1 Å². The molecule has 1 aromatic carbocycles. The van der Waals surface area contributed by atoms with E-state index in [1.807, 2.05) is 13.8 Å². The molecule has 18 heavy (non-hydrogen) atoms. The van der Waals surface area contributed by atoms with Crippen molar-refractivity contribution in [1.82, 2.24) is 0 Å². The monoisotopic (exact) mass is 308 g/mol. The lowest BCUT2D eigenvalue weighted by Crippen LogP contribution is -2.36. The first-order valence-corrected chi connectivity index (χ1v) is 6.65. The molecule has 6 heteroatoms. The van der Waals surface area contributed by atoms with E-state index in [1.165, 1.54) is 12.1 Å². The molecule has 0 unspecified atom stereocenters. The van der Waals surface area contributed by atoms with Crippen LogP contribution < -0.4 is 11.1 Å². The molecule has 1 rings (SSSR count). The normalized spacial score (nSPS) is 12.6. The highest BCUT2D eigenvalue weighted by molar-refractivity contribution is 6.44. The Morgan fingerprint density at radius 1 is 1.22 bits per heavy atom. The van der Waals surface area contributed by atoms with Crippen molar-refractivity contribution in [2.24, 2.45) is 11.7 Å². The second-order valence-electron chi connectivity index (χ2n) is 4.47. The van der Waals surface area contributed by atoms with Crippen LogP contribution in [0.25, 0.3) is 0 Å². The highest BCUT2D eigenvalue weighted by atomic mass is 35.5. The minimum atomic E-state index is -0.574. The zero-order chi connectivity index (χ0) is 13.9. The summed E-state index contributed by atoms with van der Waals surface area (Å²) in [7, 11) is 0. The van der Waals surface area contributed by atoms with Gasteiger partial charge < -0.3 is 11.1 Å².